The van der Waals surface area contributed by atoms with Crippen LogP contribution in [0.3, 0.4) is 0 Å². The molecule has 0 fully saturated rings. The second-order valence-electron chi connectivity index (χ2n) is 3.00. The largest absolute Gasteiger partial charge is 0.480 e. The van der Waals surface area contributed by atoms with Crippen LogP contribution in [0.5, 0.6) is 0 Å². The lowest BCUT2D eigenvalue weighted by Gasteiger charge is -1.96. The third kappa shape index (κ3) is 1.75. The molecule has 0 unspecified atom stereocenters. The first-order valence-corrected chi connectivity index (χ1v) is 4.57. The van der Waals surface area contributed by atoms with Crippen molar-refractivity contribution >= 4 is 29.7 Å². The summed E-state index contributed by atoms with van der Waals surface area (Å²) in [4.78, 5) is 22.5. The van der Waals surface area contributed by atoms with E-state index in [2.05, 4.69) is 12.6 Å². The Bertz CT molecular complexity index is 583. The van der Waals surface area contributed by atoms with Gasteiger partial charge in [-0.15, -0.1) is 12.6 Å². The van der Waals surface area contributed by atoms with Gasteiger partial charge in [-0.3, -0.25) is 9.36 Å². The zero-order chi connectivity index (χ0) is 11.0. The molecular weight excluding hydrogens is 218 g/mol. The van der Waals surface area contributed by atoms with E-state index in [1.54, 1.807) is 18.2 Å². The number of rotatable bonds is 2. The molecule has 0 radical (unpaired) electrons. The fourth-order valence-electron chi connectivity index (χ4n) is 1.34. The normalized spacial score (nSPS) is 10.7. The lowest BCUT2D eigenvalue weighted by Crippen LogP contribution is -2.19. The lowest BCUT2D eigenvalue weighted by molar-refractivity contribution is -0.137. The Balaban J connectivity index is 2.68. The standard InChI is InChI=1S/C9H7NO4S/c11-8(12)4-10-6-2-1-5(15)3-7(6)14-9(10)13/h1-3,15H,4H2,(H,11,12). The second-order valence-corrected chi connectivity index (χ2v) is 3.52. The highest BCUT2D eigenvalue weighted by atomic mass is 32.1. The molecule has 15 heavy (non-hydrogen) atoms. The molecule has 0 saturated heterocycles. The van der Waals surface area contributed by atoms with E-state index in [-0.39, 0.29) is 0 Å². The van der Waals surface area contributed by atoms with Crippen molar-refractivity contribution in [3.63, 3.8) is 0 Å². The Morgan fingerprint density at radius 1 is 1.53 bits per heavy atom. The molecule has 1 aromatic carbocycles. The number of oxazole rings is 1. The molecule has 0 aliphatic heterocycles. The average molecular weight is 225 g/mol. The molecule has 1 N–H and O–H groups in total. The number of hydrogen-bond acceptors (Lipinski definition) is 4. The molecule has 1 heterocycles. The van der Waals surface area contributed by atoms with E-state index in [9.17, 15) is 9.59 Å². The summed E-state index contributed by atoms with van der Waals surface area (Å²) in [6.45, 7) is -0.405. The van der Waals surface area contributed by atoms with E-state index in [1.807, 2.05) is 0 Å². The predicted octanol–water partition coefficient (Wildman–Crippen LogP) is 0.968. The van der Waals surface area contributed by atoms with Crippen molar-refractivity contribution in [2.24, 2.45) is 0 Å². The first-order chi connectivity index (χ1) is 7.08. The molecule has 2 aromatic rings. The molecular formula is C9H7NO4S. The summed E-state index contributed by atoms with van der Waals surface area (Å²) in [6, 6.07) is 4.84. The highest BCUT2D eigenvalue weighted by Gasteiger charge is 2.11. The van der Waals surface area contributed by atoms with Gasteiger partial charge in [0.05, 0.1) is 5.52 Å². The molecule has 78 valence electrons. The van der Waals surface area contributed by atoms with Crippen LogP contribution in [0.4, 0.5) is 0 Å². The van der Waals surface area contributed by atoms with Gasteiger partial charge in [0, 0.05) is 4.90 Å². The van der Waals surface area contributed by atoms with Crippen LogP contribution >= 0.6 is 12.6 Å². The van der Waals surface area contributed by atoms with Crippen LogP contribution in [0.15, 0.2) is 32.3 Å². The Kier molecular flexibility index (Phi) is 2.28. The van der Waals surface area contributed by atoms with Gasteiger partial charge in [0.25, 0.3) is 0 Å². The third-order valence-electron chi connectivity index (χ3n) is 1.95. The Morgan fingerprint density at radius 3 is 2.93 bits per heavy atom. The van der Waals surface area contributed by atoms with E-state index >= 15 is 0 Å². The smallest absolute Gasteiger partial charge is 0.420 e. The van der Waals surface area contributed by atoms with Crippen molar-refractivity contribution in [2.75, 3.05) is 0 Å². The van der Waals surface area contributed by atoms with E-state index in [4.69, 9.17) is 9.52 Å². The first kappa shape index (κ1) is 9.85. The fourth-order valence-corrected chi connectivity index (χ4v) is 1.53. The maximum absolute atomic E-state index is 11.3. The number of carbonyl (C=O) groups is 1. The van der Waals surface area contributed by atoms with E-state index in [0.29, 0.717) is 16.0 Å². The molecule has 0 spiro atoms. The van der Waals surface area contributed by atoms with Gasteiger partial charge in [-0.2, -0.15) is 0 Å². The number of nitrogens with zero attached hydrogens (tertiary/aromatic N) is 1. The summed E-state index contributed by atoms with van der Waals surface area (Å²) < 4.78 is 5.94. The predicted molar refractivity (Wildman–Crippen MR) is 55.4 cm³/mol. The minimum Gasteiger partial charge on any atom is -0.480 e. The number of carboxylic acids is 1. The molecule has 5 nitrogen and oxygen atoms in total. The molecule has 0 aliphatic rings. The minimum atomic E-state index is -1.09. The molecule has 0 atom stereocenters. The molecule has 1 aromatic heterocycles. The summed E-state index contributed by atoms with van der Waals surface area (Å²) in [7, 11) is 0. The number of benzene rings is 1. The lowest BCUT2D eigenvalue weighted by atomic mass is 10.3. The molecule has 0 aliphatic carbocycles. The molecule has 0 amide bonds. The van der Waals surface area contributed by atoms with Crippen LogP contribution in [-0.4, -0.2) is 15.6 Å². The van der Waals surface area contributed by atoms with Crippen molar-refractivity contribution in [2.45, 2.75) is 11.4 Å². The van der Waals surface area contributed by atoms with Gasteiger partial charge in [0.15, 0.2) is 5.58 Å². The van der Waals surface area contributed by atoms with Crippen molar-refractivity contribution in [3.05, 3.63) is 28.7 Å². The zero-order valence-electron chi connectivity index (χ0n) is 7.51. The maximum atomic E-state index is 11.3. The maximum Gasteiger partial charge on any atom is 0.420 e. The quantitative estimate of drug-likeness (QED) is 0.747. The van der Waals surface area contributed by atoms with Gasteiger partial charge in [-0.25, -0.2) is 4.79 Å². The average Bonchev–Trinajstić information content (AvgIpc) is 2.41. The van der Waals surface area contributed by atoms with Crippen LogP contribution < -0.4 is 5.76 Å². The summed E-state index contributed by atoms with van der Waals surface area (Å²) in [5.41, 5.74) is 0.800. The Hall–Kier alpha value is -1.69. The Morgan fingerprint density at radius 2 is 2.27 bits per heavy atom. The number of hydrogen-bond donors (Lipinski definition) is 2. The minimum absolute atomic E-state index is 0.341. The third-order valence-corrected chi connectivity index (χ3v) is 2.22. The number of thiol groups is 1. The van der Waals surface area contributed by atoms with Gasteiger partial charge in [0.1, 0.15) is 6.54 Å². The summed E-state index contributed by atoms with van der Waals surface area (Å²) in [6.07, 6.45) is 0. The van der Waals surface area contributed by atoms with Gasteiger partial charge in [-0.05, 0) is 18.2 Å². The first-order valence-electron chi connectivity index (χ1n) is 4.12. The van der Waals surface area contributed by atoms with Crippen LogP contribution in [0.2, 0.25) is 0 Å². The summed E-state index contributed by atoms with van der Waals surface area (Å²) >= 11 is 4.09. The monoisotopic (exact) mass is 225 g/mol. The number of fused-ring (bicyclic) bond motifs is 1. The molecule has 6 heteroatoms. The highest BCUT2D eigenvalue weighted by Crippen LogP contribution is 2.16. The van der Waals surface area contributed by atoms with Crippen LogP contribution in [0.1, 0.15) is 0 Å². The van der Waals surface area contributed by atoms with Crippen LogP contribution in [-0.2, 0) is 11.3 Å². The second kappa shape index (κ2) is 3.47. The fraction of sp³-hybridized carbons (Fsp3) is 0.111. The number of aromatic nitrogens is 1. The van der Waals surface area contributed by atoms with E-state index < -0.39 is 18.3 Å². The van der Waals surface area contributed by atoms with E-state index in [0.717, 1.165) is 4.57 Å². The van der Waals surface area contributed by atoms with Crippen LogP contribution in [0.25, 0.3) is 11.1 Å². The number of carboxylic acid groups (broad SMARTS) is 1. The molecule has 0 bridgehead atoms. The molecule has 0 saturated carbocycles. The summed E-state index contributed by atoms with van der Waals surface area (Å²) in [5, 5.41) is 8.61. The van der Waals surface area contributed by atoms with Crippen molar-refractivity contribution in [3.8, 4) is 0 Å². The highest BCUT2D eigenvalue weighted by molar-refractivity contribution is 7.80. The number of aliphatic carboxylic acids is 1. The Labute approximate surface area is 89.3 Å². The van der Waals surface area contributed by atoms with Crippen LogP contribution in [0, 0.1) is 0 Å². The van der Waals surface area contributed by atoms with E-state index in [1.165, 1.54) is 0 Å². The summed E-state index contributed by atoms with van der Waals surface area (Å²) in [5.74, 6) is -1.76. The van der Waals surface area contributed by atoms with Crippen molar-refractivity contribution in [1.29, 1.82) is 0 Å². The van der Waals surface area contributed by atoms with Gasteiger partial charge >= 0.3 is 11.7 Å². The topological polar surface area (TPSA) is 72.4 Å². The van der Waals surface area contributed by atoms with Gasteiger partial charge in [0.2, 0.25) is 0 Å². The van der Waals surface area contributed by atoms with Gasteiger partial charge in [-0.1, -0.05) is 0 Å². The van der Waals surface area contributed by atoms with Crippen molar-refractivity contribution in [1.82, 2.24) is 4.57 Å². The molecule has 2 rings (SSSR count). The van der Waals surface area contributed by atoms with Gasteiger partial charge < -0.3 is 9.52 Å². The zero-order valence-corrected chi connectivity index (χ0v) is 8.40. The van der Waals surface area contributed by atoms with Crippen molar-refractivity contribution < 1.29 is 14.3 Å². The SMILES string of the molecule is O=C(O)Cn1c(=O)oc2cc(S)ccc21.